The second kappa shape index (κ2) is 5.15. The van der Waals surface area contributed by atoms with Crippen LogP contribution in [0.15, 0.2) is 0 Å². The summed E-state index contributed by atoms with van der Waals surface area (Å²) in [5.74, 6) is 0.631. The first kappa shape index (κ1) is 11.9. The molecule has 1 aromatic heterocycles. The molecule has 0 bridgehead atoms. The minimum absolute atomic E-state index is 0.144. The Morgan fingerprint density at radius 3 is 2.81 bits per heavy atom. The van der Waals surface area contributed by atoms with Gasteiger partial charge in [-0.25, -0.2) is 4.98 Å². The largest absolute Gasteiger partial charge is 0.391 e. The molecule has 1 fully saturated rings. The molecule has 4 heteroatoms. The number of aliphatic hydroxyl groups is 1. The fourth-order valence-electron chi connectivity index (χ4n) is 1.79. The van der Waals surface area contributed by atoms with Crippen molar-refractivity contribution in [1.82, 2.24) is 4.98 Å². The highest BCUT2D eigenvalue weighted by atomic mass is 32.1. The van der Waals surface area contributed by atoms with Gasteiger partial charge in [0.25, 0.3) is 0 Å². The number of aliphatic hydroxyl groups excluding tert-OH is 1. The first-order valence-electron chi connectivity index (χ1n) is 6.07. The van der Waals surface area contributed by atoms with Crippen molar-refractivity contribution in [3.05, 3.63) is 10.6 Å². The average Bonchev–Trinajstić information content (AvgIpc) is 3.05. The Hall–Kier alpha value is -0.610. The Kier molecular flexibility index (Phi) is 3.82. The van der Waals surface area contributed by atoms with E-state index >= 15 is 0 Å². The molecule has 0 aliphatic heterocycles. The van der Waals surface area contributed by atoms with E-state index in [1.54, 1.807) is 11.3 Å². The second-order valence-electron chi connectivity index (χ2n) is 4.51. The lowest BCUT2D eigenvalue weighted by molar-refractivity contribution is 0.284. The van der Waals surface area contributed by atoms with Gasteiger partial charge in [-0.2, -0.15) is 0 Å². The smallest absolute Gasteiger partial charge is 0.185 e. The lowest BCUT2D eigenvalue weighted by Gasteiger charge is -2.14. The Bertz CT molecular complexity index is 347. The maximum Gasteiger partial charge on any atom is 0.185 e. The number of rotatable bonds is 6. The van der Waals surface area contributed by atoms with Crippen LogP contribution in [0.1, 0.15) is 49.1 Å². The van der Waals surface area contributed by atoms with Gasteiger partial charge in [0.05, 0.1) is 17.2 Å². The normalized spacial score (nSPS) is 15.4. The van der Waals surface area contributed by atoms with Crippen LogP contribution in [0.2, 0.25) is 0 Å². The first-order chi connectivity index (χ1) is 7.76. The summed E-state index contributed by atoms with van der Waals surface area (Å²) in [7, 11) is 2.09. The Labute approximate surface area is 101 Å². The molecule has 0 saturated heterocycles. The van der Waals surface area contributed by atoms with Crippen LogP contribution in [0.25, 0.3) is 0 Å². The van der Waals surface area contributed by atoms with Crippen molar-refractivity contribution in [3.8, 4) is 0 Å². The van der Waals surface area contributed by atoms with Crippen LogP contribution in [-0.2, 0) is 6.61 Å². The number of nitrogens with zero attached hydrogens (tertiary/aromatic N) is 2. The molecule has 1 heterocycles. The van der Waals surface area contributed by atoms with Gasteiger partial charge in [0.1, 0.15) is 0 Å². The average molecular weight is 240 g/mol. The second-order valence-corrected chi connectivity index (χ2v) is 5.57. The number of anilines is 1. The Morgan fingerprint density at radius 2 is 2.25 bits per heavy atom. The lowest BCUT2D eigenvalue weighted by atomic mass is 10.2. The maximum absolute atomic E-state index is 9.32. The molecular formula is C12H20N2OS. The highest BCUT2D eigenvalue weighted by molar-refractivity contribution is 7.15. The molecule has 1 N–H and O–H groups in total. The zero-order valence-electron chi connectivity index (χ0n) is 10.1. The van der Waals surface area contributed by atoms with Gasteiger partial charge in [-0.15, -0.1) is 0 Å². The van der Waals surface area contributed by atoms with E-state index in [0.717, 1.165) is 22.2 Å². The Morgan fingerprint density at radius 1 is 1.50 bits per heavy atom. The third kappa shape index (κ3) is 2.55. The van der Waals surface area contributed by atoms with Crippen LogP contribution >= 0.6 is 11.3 Å². The van der Waals surface area contributed by atoms with E-state index in [0.29, 0.717) is 5.92 Å². The predicted molar refractivity (Wildman–Crippen MR) is 68.2 cm³/mol. The van der Waals surface area contributed by atoms with E-state index < -0.39 is 0 Å². The van der Waals surface area contributed by atoms with E-state index in [2.05, 4.69) is 23.9 Å². The number of unbranched alkanes of at least 4 members (excludes halogenated alkanes) is 1. The molecule has 0 aromatic carbocycles. The van der Waals surface area contributed by atoms with E-state index in [4.69, 9.17) is 0 Å². The number of aromatic nitrogens is 1. The number of hydrogen-bond acceptors (Lipinski definition) is 4. The minimum atomic E-state index is 0.144. The molecule has 0 unspecified atom stereocenters. The number of hydrogen-bond donors (Lipinski definition) is 1. The summed E-state index contributed by atoms with van der Waals surface area (Å²) in [6.45, 7) is 3.40. The maximum atomic E-state index is 9.32. The molecule has 3 nitrogen and oxygen atoms in total. The highest BCUT2D eigenvalue weighted by Crippen LogP contribution is 2.44. The molecule has 0 spiro atoms. The zero-order chi connectivity index (χ0) is 11.5. The van der Waals surface area contributed by atoms with Crippen LogP contribution in [0.3, 0.4) is 0 Å². The third-order valence-electron chi connectivity index (χ3n) is 3.00. The van der Waals surface area contributed by atoms with Crippen molar-refractivity contribution in [2.24, 2.45) is 0 Å². The van der Waals surface area contributed by atoms with E-state index in [1.165, 1.54) is 25.7 Å². The van der Waals surface area contributed by atoms with Gasteiger partial charge in [0.15, 0.2) is 5.13 Å². The summed E-state index contributed by atoms with van der Waals surface area (Å²) < 4.78 is 0. The van der Waals surface area contributed by atoms with Crippen molar-refractivity contribution in [2.75, 3.05) is 18.5 Å². The van der Waals surface area contributed by atoms with E-state index in [-0.39, 0.29) is 6.61 Å². The molecule has 1 aliphatic rings. The first-order valence-corrected chi connectivity index (χ1v) is 6.89. The molecule has 90 valence electrons. The SMILES string of the molecule is CCCCN(C)c1nc(C2CC2)c(CO)s1. The summed E-state index contributed by atoms with van der Waals surface area (Å²) >= 11 is 1.65. The topological polar surface area (TPSA) is 36.4 Å². The molecule has 0 amide bonds. The monoisotopic (exact) mass is 240 g/mol. The van der Waals surface area contributed by atoms with Gasteiger partial charge < -0.3 is 10.0 Å². The lowest BCUT2D eigenvalue weighted by Crippen LogP contribution is -2.17. The molecule has 16 heavy (non-hydrogen) atoms. The van der Waals surface area contributed by atoms with Crippen LogP contribution in [0.5, 0.6) is 0 Å². The summed E-state index contributed by atoms with van der Waals surface area (Å²) in [6.07, 6.45) is 4.89. The quantitative estimate of drug-likeness (QED) is 0.830. The van der Waals surface area contributed by atoms with Crippen LogP contribution in [0, 0.1) is 0 Å². The molecule has 1 aromatic rings. The summed E-state index contributed by atoms with van der Waals surface area (Å²) in [4.78, 5) is 7.96. The molecular weight excluding hydrogens is 220 g/mol. The molecule has 0 atom stereocenters. The standard InChI is InChI=1S/C12H20N2OS/c1-3-4-7-14(2)12-13-11(9-5-6-9)10(8-15)16-12/h9,15H,3-8H2,1-2H3. The van der Waals surface area contributed by atoms with Gasteiger partial charge in [-0.1, -0.05) is 24.7 Å². The van der Waals surface area contributed by atoms with Gasteiger partial charge in [-0.05, 0) is 19.3 Å². The van der Waals surface area contributed by atoms with Crippen molar-refractivity contribution in [3.63, 3.8) is 0 Å². The molecule has 2 rings (SSSR count). The summed E-state index contributed by atoms with van der Waals surface area (Å²) in [6, 6.07) is 0. The predicted octanol–water partition coefficient (Wildman–Crippen LogP) is 2.75. The Balaban J connectivity index is 2.08. The fraction of sp³-hybridized carbons (Fsp3) is 0.750. The third-order valence-corrected chi connectivity index (χ3v) is 4.17. The van der Waals surface area contributed by atoms with Gasteiger partial charge >= 0.3 is 0 Å². The fourth-order valence-corrected chi connectivity index (χ4v) is 2.79. The van der Waals surface area contributed by atoms with Crippen LogP contribution in [0.4, 0.5) is 5.13 Å². The van der Waals surface area contributed by atoms with Crippen LogP contribution in [-0.4, -0.2) is 23.7 Å². The van der Waals surface area contributed by atoms with Gasteiger partial charge in [-0.3, -0.25) is 0 Å². The van der Waals surface area contributed by atoms with Crippen molar-refractivity contribution in [2.45, 2.75) is 45.1 Å². The minimum Gasteiger partial charge on any atom is -0.391 e. The van der Waals surface area contributed by atoms with Crippen molar-refractivity contribution in [1.29, 1.82) is 0 Å². The summed E-state index contributed by atoms with van der Waals surface area (Å²) in [5.41, 5.74) is 1.16. The van der Waals surface area contributed by atoms with Crippen LogP contribution < -0.4 is 4.90 Å². The molecule has 1 aliphatic carbocycles. The van der Waals surface area contributed by atoms with E-state index in [1.807, 2.05) is 0 Å². The van der Waals surface area contributed by atoms with Gasteiger partial charge in [0.2, 0.25) is 0 Å². The summed E-state index contributed by atoms with van der Waals surface area (Å²) in [5, 5.41) is 10.4. The molecule has 0 radical (unpaired) electrons. The van der Waals surface area contributed by atoms with Crippen molar-refractivity contribution < 1.29 is 5.11 Å². The van der Waals surface area contributed by atoms with Crippen molar-refractivity contribution >= 4 is 16.5 Å². The molecule has 1 saturated carbocycles. The number of thiazole rings is 1. The zero-order valence-corrected chi connectivity index (χ0v) is 10.9. The van der Waals surface area contributed by atoms with E-state index in [9.17, 15) is 5.11 Å². The highest BCUT2D eigenvalue weighted by Gasteiger charge is 2.29. The van der Waals surface area contributed by atoms with Gasteiger partial charge in [0, 0.05) is 19.5 Å².